The van der Waals surface area contributed by atoms with Gasteiger partial charge in [0.1, 0.15) is 10.6 Å². The van der Waals surface area contributed by atoms with Crippen molar-refractivity contribution in [2.24, 2.45) is 0 Å². The molecule has 0 aromatic carbocycles. The molecule has 0 atom stereocenters. The van der Waals surface area contributed by atoms with Gasteiger partial charge in [0.2, 0.25) is 0 Å². The number of fused-ring (bicyclic) bond motifs is 1. The number of furan rings is 1. The van der Waals surface area contributed by atoms with Crippen molar-refractivity contribution < 1.29 is 4.42 Å². The maximum absolute atomic E-state index is 5.36. The summed E-state index contributed by atoms with van der Waals surface area (Å²) in [4.78, 5) is 11.4. The molecule has 5 heteroatoms. The second-order valence-corrected chi connectivity index (χ2v) is 5.29. The van der Waals surface area contributed by atoms with E-state index in [0.29, 0.717) is 11.6 Å². The molecule has 0 fully saturated rings. The van der Waals surface area contributed by atoms with Crippen molar-refractivity contribution >= 4 is 27.4 Å². The Morgan fingerprint density at radius 3 is 2.78 bits per heavy atom. The van der Waals surface area contributed by atoms with Crippen LogP contribution in [0, 0.1) is 13.8 Å². The van der Waals surface area contributed by atoms with Gasteiger partial charge in [-0.1, -0.05) is 0 Å². The number of hydrogen-bond acceptors (Lipinski definition) is 5. The standard InChI is InChI=1S/C13H13N3OS/c1-7-8(2)18-13-10(7)12(14-3)15-11(16-13)9-5-4-6-17-9/h4-6H,1-3H3,(H,14,15,16). The lowest BCUT2D eigenvalue weighted by molar-refractivity contribution is 0.578. The predicted molar refractivity (Wildman–Crippen MR) is 74.1 cm³/mol. The van der Waals surface area contributed by atoms with Gasteiger partial charge in [-0.05, 0) is 31.5 Å². The van der Waals surface area contributed by atoms with Crippen LogP contribution in [0.1, 0.15) is 10.4 Å². The topological polar surface area (TPSA) is 51.0 Å². The minimum absolute atomic E-state index is 0.623. The molecule has 3 aromatic heterocycles. The van der Waals surface area contributed by atoms with Crippen molar-refractivity contribution in [2.45, 2.75) is 13.8 Å². The average Bonchev–Trinajstić information content (AvgIpc) is 2.98. The average molecular weight is 259 g/mol. The zero-order chi connectivity index (χ0) is 12.7. The fourth-order valence-corrected chi connectivity index (χ4v) is 2.98. The summed E-state index contributed by atoms with van der Waals surface area (Å²) in [5, 5.41) is 4.25. The first-order valence-corrected chi connectivity index (χ1v) is 6.51. The number of aryl methyl sites for hydroxylation is 2. The molecule has 4 nitrogen and oxygen atoms in total. The number of nitrogens with zero attached hydrogens (tertiary/aromatic N) is 2. The molecule has 92 valence electrons. The quantitative estimate of drug-likeness (QED) is 0.763. The summed E-state index contributed by atoms with van der Waals surface area (Å²) >= 11 is 1.69. The molecule has 0 spiro atoms. The first-order valence-electron chi connectivity index (χ1n) is 5.70. The smallest absolute Gasteiger partial charge is 0.199 e. The lowest BCUT2D eigenvalue weighted by Gasteiger charge is -2.04. The Balaban J connectivity index is 2.32. The zero-order valence-corrected chi connectivity index (χ0v) is 11.3. The van der Waals surface area contributed by atoms with Gasteiger partial charge in [-0.2, -0.15) is 0 Å². The molecule has 0 amide bonds. The minimum Gasteiger partial charge on any atom is -0.461 e. The Kier molecular flexibility index (Phi) is 2.56. The molecule has 0 bridgehead atoms. The normalized spacial score (nSPS) is 11.1. The molecule has 3 aromatic rings. The molecular formula is C13H13N3OS. The van der Waals surface area contributed by atoms with Crippen LogP contribution in [0.25, 0.3) is 21.8 Å². The van der Waals surface area contributed by atoms with Crippen LogP contribution in [0.15, 0.2) is 22.8 Å². The molecule has 0 unspecified atom stereocenters. The van der Waals surface area contributed by atoms with Gasteiger partial charge in [-0.15, -0.1) is 11.3 Å². The highest BCUT2D eigenvalue weighted by Crippen LogP contribution is 2.34. The number of aromatic nitrogens is 2. The molecule has 0 aliphatic carbocycles. The summed E-state index contributed by atoms with van der Waals surface area (Å²) in [6.07, 6.45) is 1.63. The van der Waals surface area contributed by atoms with Crippen molar-refractivity contribution in [3.63, 3.8) is 0 Å². The van der Waals surface area contributed by atoms with Crippen molar-refractivity contribution in [1.82, 2.24) is 9.97 Å². The van der Waals surface area contributed by atoms with Gasteiger partial charge in [0, 0.05) is 11.9 Å². The van der Waals surface area contributed by atoms with Crippen LogP contribution in [-0.2, 0) is 0 Å². The Bertz CT molecular complexity index is 701. The van der Waals surface area contributed by atoms with Crippen LogP contribution in [0.2, 0.25) is 0 Å². The van der Waals surface area contributed by atoms with Crippen LogP contribution in [0.3, 0.4) is 0 Å². The molecule has 1 N–H and O–H groups in total. The van der Waals surface area contributed by atoms with E-state index in [2.05, 4.69) is 29.1 Å². The van der Waals surface area contributed by atoms with Gasteiger partial charge in [0.15, 0.2) is 11.6 Å². The van der Waals surface area contributed by atoms with Crippen LogP contribution < -0.4 is 5.32 Å². The summed E-state index contributed by atoms with van der Waals surface area (Å²) in [7, 11) is 1.88. The lowest BCUT2D eigenvalue weighted by Crippen LogP contribution is -1.97. The predicted octanol–water partition coefficient (Wildman–Crippen LogP) is 3.61. The summed E-state index contributed by atoms with van der Waals surface area (Å²) < 4.78 is 5.36. The maximum Gasteiger partial charge on any atom is 0.199 e. The van der Waals surface area contributed by atoms with Gasteiger partial charge < -0.3 is 9.73 Å². The third-order valence-corrected chi connectivity index (χ3v) is 4.11. The molecule has 0 saturated carbocycles. The monoisotopic (exact) mass is 259 g/mol. The van der Waals surface area contributed by atoms with Crippen LogP contribution in [0.4, 0.5) is 5.82 Å². The highest BCUT2D eigenvalue weighted by Gasteiger charge is 2.15. The van der Waals surface area contributed by atoms with Gasteiger partial charge in [0.05, 0.1) is 11.6 Å². The second-order valence-electron chi connectivity index (χ2n) is 4.09. The molecule has 3 heterocycles. The van der Waals surface area contributed by atoms with E-state index < -0.39 is 0 Å². The Morgan fingerprint density at radius 2 is 2.11 bits per heavy atom. The summed E-state index contributed by atoms with van der Waals surface area (Å²) in [6.45, 7) is 4.21. The summed E-state index contributed by atoms with van der Waals surface area (Å²) in [6, 6.07) is 3.71. The number of hydrogen-bond donors (Lipinski definition) is 1. The molecule has 18 heavy (non-hydrogen) atoms. The Morgan fingerprint density at radius 1 is 1.28 bits per heavy atom. The van der Waals surface area contributed by atoms with Gasteiger partial charge >= 0.3 is 0 Å². The van der Waals surface area contributed by atoms with E-state index in [1.807, 2.05) is 19.2 Å². The number of thiophene rings is 1. The zero-order valence-electron chi connectivity index (χ0n) is 10.4. The molecule has 0 aliphatic rings. The number of nitrogens with one attached hydrogen (secondary N) is 1. The molecular weight excluding hydrogens is 246 g/mol. The van der Waals surface area contributed by atoms with E-state index in [1.54, 1.807) is 17.6 Å². The second kappa shape index (κ2) is 4.10. The largest absolute Gasteiger partial charge is 0.461 e. The third-order valence-electron chi connectivity index (χ3n) is 3.01. The lowest BCUT2D eigenvalue weighted by atomic mass is 10.2. The Hall–Kier alpha value is -1.88. The maximum atomic E-state index is 5.36. The van der Waals surface area contributed by atoms with Gasteiger partial charge in [-0.3, -0.25) is 0 Å². The van der Waals surface area contributed by atoms with Crippen molar-refractivity contribution in [3.05, 3.63) is 28.8 Å². The van der Waals surface area contributed by atoms with E-state index in [0.717, 1.165) is 16.0 Å². The molecule has 0 saturated heterocycles. The highest BCUT2D eigenvalue weighted by atomic mass is 32.1. The van der Waals surface area contributed by atoms with Crippen molar-refractivity contribution in [2.75, 3.05) is 12.4 Å². The van der Waals surface area contributed by atoms with E-state index in [9.17, 15) is 0 Å². The first kappa shape index (κ1) is 11.2. The molecule has 0 aliphatic heterocycles. The van der Waals surface area contributed by atoms with Crippen LogP contribution in [0.5, 0.6) is 0 Å². The summed E-state index contributed by atoms with van der Waals surface area (Å²) in [5.74, 6) is 2.17. The van der Waals surface area contributed by atoms with Gasteiger partial charge in [0.25, 0.3) is 0 Å². The minimum atomic E-state index is 0.623. The Labute approximate surface area is 109 Å². The van der Waals surface area contributed by atoms with Crippen LogP contribution >= 0.6 is 11.3 Å². The molecule has 0 radical (unpaired) electrons. The number of anilines is 1. The highest BCUT2D eigenvalue weighted by molar-refractivity contribution is 7.18. The van der Waals surface area contributed by atoms with E-state index in [-0.39, 0.29) is 0 Å². The van der Waals surface area contributed by atoms with Crippen molar-refractivity contribution in [3.8, 4) is 11.6 Å². The third kappa shape index (κ3) is 1.59. The fraction of sp³-hybridized carbons (Fsp3) is 0.231. The van der Waals surface area contributed by atoms with Crippen LogP contribution in [-0.4, -0.2) is 17.0 Å². The fourth-order valence-electron chi connectivity index (χ4n) is 1.95. The van der Waals surface area contributed by atoms with Crippen molar-refractivity contribution in [1.29, 1.82) is 0 Å². The van der Waals surface area contributed by atoms with E-state index in [4.69, 9.17) is 4.42 Å². The SMILES string of the molecule is CNc1nc(-c2ccco2)nc2sc(C)c(C)c12. The van der Waals surface area contributed by atoms with E-state index in [1.165, 1.54) is 10.4 Å². The summed E-state index contributed by atoms with van der Waals surface area (Å²) in [5.41, 5.74) is 1.24. The van der Waals surface area contributed by atoms with E-state index >= 15 is 0 Å². The first-order chi connectivity index (χ1) is 8.70. The van der Waals surface area contributed by atoms with Gasteiger partial charge in [-0.25, -0.2) is 9.97 Å². The number of rotatable bonds is 2. The molecule has 3 rings (SSSR count).